The molecule has 1 aromatic rings. The van der Waals surface area contributed by atoms with Crippen LogP contribution in [0.3, 0.4) is 0 Å². The van der Waals surface area contributed by atoms with Crippen LogP contribution in [-0.2, 0) is 6.42 Å². The van der Waals surface area contributed by atoms with E-state index in [1.165, 1.54) is 5.56 Å². The van der Waals surface area contributed by atoms with Crippen molar-refractivity contribution >= 4 is 0 Å². The van der Waals surface area contributed by atoms with Crippen molar-refractivity contribution in [2.24, 2.45) is 5.92 Å². The van der Waals surface area contributed by atoms with E-state index in [0.29, 0.717) is 11.8 Å². The zero-order valence-corrected chi connectivity index (χ0v) is 10.8. The summed E-state index contributed by atoms with van der Waals surface area (Å²) in [4.78, 5) is 9.17. The van der Waals surface area contributed by atoms with Gasteiger partial charge in [0.25, 0.3) is 0 Å². The van der Waals surface area contributed by atoms with Gasteiger partial charge in [-0.05, 0) is 31.2 Å². The van der Waals surface area contributed by atoms with Crippen molar-refractivity contribution in [3.05, 3.63) is 22.8 Å². The smallest absolute Gasteiger partial charge is 0.129 e. The molecule has 0 amide bonds. The van der Waals surface area contributed by atoms with Gasteiger partial charge >= 0.3 is 0 Å². The Morgan fingerprint density at radius 3 is 1.73 bits per heavy atom. The van der Waals surface area contributed by atoms with E-state index in [1.54, 1.807) is 0 Å². The van der Waals surface area contributed by atoms with Crippen LogP contribution in [0.15, 0.2) is 0 Å². The summed E-state index contributed by atoms with van der Waals surface area (Å²) in [5, 5.41) is 0. The molecule has 0 aromatic carbocycles. The summed E-state index contributed by atoms with van der Waals surface area (Å²) in [7, 11) is 0. The number of aryl methyl sites for hydroxylation is 2. The molecule has 84 valence electrons. The Balaban J connectivity index is 3.08. The third kappa shape index (κ3) is 3.01. The molecule has 0 unspecified atom stereocenters. The summed E-state index contributed by atoms with van der Waals surface area (Å²) in [5.41, 5.74) is 3.60. The molecular weight excluding hydrogens is 184 g/mol. The largest absolute Gasteiger partial charge is 0.238 e. The maximum Gasteiger partial charge on any atom is 0.129 e. The average Bonchev–Trinajstić information content (AvgIpc) is 1.99. The molecule has 2 nitrogen and oxygen atoms in total. The molecule has 0 aliphatic carbocycles. The molecular formula is C13H22N2. The van der Waals surface area contributed by atoms with Crippen LogP contribution in [0, 0.1) is 19.8 Å². The van der Waals surface area contributed by atoms with E-state index in [1.807, 2.05) is 0 Å². The zero-order chi connectivity index (χ0) is 11.6. The Morgan fingerprint density at radius 1 is 0.933 bits per heavy atom. The molecule has 15 heavy (non-hydrogen) atoms. The maximum absolute atomic E-state index is 4.58. The lowest BCUT2D eigenvalue weighted by Crippen LogP contribution is -2.08. The van der Waals surface area contributed by atoms with Crippen molar-refractivity contribution in [3.8, 4) is 0 Å². The van der Waals surface area contributed by atoms with Gasteiger partial charge in [-0.2, -0.15) is 0 Å². The minimum absolute atomic E-state index is 0.512. The van der Waals surface area contributed by atoms with Gasteiger partial charge in [0.15, 0.2) is 0 Å². The van der Waals surface area contributed by atoms with Gasteiger partial charge in [0, 0.05) is 17.8 Å². The molecule has 2 heteroatoms. The zero-order valence-electron chi connectivity index (χ0n) is 10.8. The fourth-order valence-corrected chi connectivity index (χ4v) is 2.09. The number of hydrogen-bond acceptors (Lipinski definition) is 2. The van der Waals surface area contributed by atoms with Crippen LogP contribution in [-0.4, -0.2) is 9.97 Å². The first-order valence-corrected chi connectivity index (χ1v) is 5.75. The van der Waals surface area contributed by atoms with E-state index in [2.05, 4.69) is 51.5 Å². The summed E-state index contributed by atoms with van der Waals surface area (Å²) in [6.07, 6.45) is 0.972. The van der Waals surface area contributed by atoms with Gasteiger partial charge in [-0.1, -0.05) is 27.7 Å². The van der Waals surface area contributed by atoms with Gasteiger partial charge in [0.2, 0.25) is 0 Å². The molecule has 1 rings (SSSR count). The van der Waals surface area contributed by atoms with Crippen LogP contribution < -0.4 is 0 Å². The first-order valence-electron chi connectivity index (χ1n) is 5.75. The van der Waals surface area contributed by atoms with Crippen LogP contribution >= 0.6 is 0 Å². The van der Waals surface area contributed by atoms with Crippen molar-refractivity contribution in [1.29, 1.82) is 0 Å². The lowest BCUT2D eigenvalue weighted by molar-refractivity contribution is 0.613. The molecule has 0 N–H and O–H groups in total. The third-order valence-corrected chi connectivity index (χ3v) is 2.54. The molecule has 0 saturated heterocycles. The SMILES string of the molecule is Cc1nc(CC(C)C)nc(C)c1C(C)C. The highest BCUT2D eigenvalue weighted by molar-refractivity contribution is 5.27. The normalized spacial score (nSPS) is 11.5. The monoisotopic (exact) mass is 206 g/mol. The van der Waals surface area contributed by atoms with Crippen molar-refractivity contribution in [1.82, 2.24) is 9.97 Å². The van der Waals surface area contributed by atoms with E-state index < -0.39 is 0 Å². The fourth-order valence-electron chi connectivity index (χ4n) is 2.09. The van der Waals surface area contributed by atoms with Crippen molar-refractivity contribution < 1.29 is 0 Å². The Kier molecular flexibility index (Phi) is 3.83. The van der Waals surface area contributed by atoms with Gasteiger partial charge in [0.1, 0.15) is 5.82 Å². The first-order chi connectivity index (χ1) is 6.91. The second-order valence-corrected chi connectivity index (χ2v) is 4.98. The van der Waals surface area contributed by atoms with Crippen LogP contribution in [0.4, 0.5) is 0 Å². The lowest BCUT2D eigenvalue weighted by atomic mass is 10.00. The predicted octanol–water partition coefficient (Wildman–Crippen LogP) is 3.42. The lowest BCUT2D eigenvalue weighted by Gasteiger charge is -2.14. The Morgan fingerprint density at radius 2 is 1.40 bits per heavy atom. The molecule has 0 atom stereocenters. The molecule has 1 heterocycles. The molecule has 0 saturated carbocycles. The van der Waals surface area contributed by atoms with Gasteiger partial charge in [0.05, 0.1) is 0 Å². The Hall–Kier alpha value is -0.920. The molecule has 0 fully saturated rings. The van der Waals surface area contributed by atoms with Crippen molar-refractivity contribution in [2.75, 3.05) is 0 Å². The number of aromatic nitrogens is 2. The van der Waals surface area contributed by atoms with Gasteiger partial charge in [-0.3, -0.25) is 0 Å². The summed E-state index contributed by atoms with van der Waals surface area (Å²) in [5.74, 6) is 2.12. The van der Waals surface area contributed by atoms with Crippen molar-refractivity contribution in [3.63, 3.8) is 0 Å². The predicted molar refractivity (Wildman–Crippen MR) is 64.1 cm³/mol. The van der Waals surface area contributed by atoms with Crippen LogP contribution in [0.1, 0.15) is 56.4 Å². The second-order valence-electron chi connectivity index (χ2n) is 4.98. The highest BCUT2D eigenvalue weighted by Gasteiger charge is 2.11. The topological polar surface area (TPSA) is 25.8 Å². The summed E-state index contributed by atoms with van der Waals surface area (Å²) >= 11 is 0. The molecule has 0 aliphatic heterocycles. The standard InChI is InChI=1S/C13H22N2/c1-8(2)7-12-14-10(5)13(9(3)4)11(6)15-12/h8-9H,7H2,1-6H3. The molecule has 0 spiro atoms. The van der Waals surface area contributed by atoms with Gasteiger partial charge in [-0.15, -0.1) is 0 Å². The number of nitrogens with zero attached hydrogens (tertiary/aromatic N) is 2. The highest BCUT2D eigenvalue weighted by Crippen LogP contribution is 2.21. The van der Waals surface area contributed by atoms with Crippen LogP contribution in [0.2, 0.25) is 0 Å². The molecule has 0 aliphatic rings. The van der Waals surface area contributed by atoms with E-state index in [9.17, 15) is 0 Å². The first kappa shape index (κ1) is 12.2. The summed E-state index contributed by atoms with van der Waals surface area (Å²) in [6, 6.07) is 0. The maximum atomic E-state index is 4.58. The third-order valence-electron chi connectivity index (χ3n) is 2.54. The molecule has 1 aromatic heterocycles. The minimum Gasteiger partial charge on any atom is -0.238 e. The number of hydrogen-bond donors (Lipinski definition) is 0. The highest BCUT2D eigenvalue weighted by atomic mass is 14.9. The average molecular weight is 206 g/mol. The van der Waals surface area contributed by atoms with E-state index in [-0.39, 0.29) is 0 Å². The van der Waals surface area contributed by atoms with E-state index >= 15 is 0 Å². The summed E-state index contributed by atoms with van der Waals surface area (Å²) in [6.45, 7) is 13.0. The molecule has 0 radical (unpaired) electrons. The van der Waals surface area contributed by atoms with Gasteiger partial charge in [-0.25, -0.2) is 9.97 Å². The summed E-state index contributed by atoms with van der Waals surface area (Å²) < 4.78 is 0. The van der Waals surface area contributed by atoms with Crippen LogP contribution in [0.25, 0.3) is 0 Å². The minimum atomic E-state index is 0.512. The van der Waals surface area contributed by atoms with Crippen molar-refractivity contribution in [2.45, 2.75) is 53.9 Å². The van der Waals surface area contributed by atoms with E-state index in [0.717, 1.165) is 23.6 Å². The second kappa shape index (κ2) is 4.73. The fraction of sp³-hybridized carbons (Fsp3) is 0.692. The van der Waals surface area contributed by atoms with Gasteiger partial charge < -0.3 is 0 Å². The molecule has 0 bridgehead atoms. The Bertz CT molecular complexity index is 317. The quantitative estimate of drug-likeness (QED) is 0.757. The Labute approximate surface area is 93.2 Å². The number of rotatable bonds is 3. The van der Waals surface area contributed by atoms with E-state index in [4.69, 9.17) is 0 Å². The van der Waals surface area contributed by atoms with Crippen LogP contribution in [0.5, 0.6) is 0 Å².